The third-order valence-electron chi connectivity index (χ3n) is 1.98. The lowest BCUT2D eigenvalue weighted by molar-refractivity contribution is 0.248. The minimum absolute atomic E-state index is 0.113. The van der Waals surface area contributed by atoms with Crippen LogP contribution in [0.1, 0.15) is 31.3 Å². The van der Waals surface area contributed by atoms with E-state index in [2.05, 4.69) is 23.1 Å². The first-order valence-corrected chi connectivity index (χ1v) is 7.10. The highest BCUT2D eigenvalue weighted by Crippen LogP contribution is 2.49. The molecule has 0 aliphatic carbocycles. The number of phosphoric ester groups is 1. The summed E-state index contributed by atoms with van der Waals surface area (Å²) in [6.45, 7) is 12.3. The Hall–Kier alpha value is -1.81. The van der Waals surface area contributed by atoms with Crippen molar-refractivity contribution in [1.82, 2.24) is 9.97 Å². The lowest BCUT2D eigenvalue weighted by Crippen LogP contribution is -2.04. The van der Waals surface area contributed by atoms with Gasteiger partial charge in [-0.15, -0.1) is 0 Å². The monoisotopic (exact) mass is 284 g/mol. The third-order valence-corrected chi connectivity index (χ3v) is 3.20. The number of hydrogen-bond donors (Lipinski definition) is 0. The maximum Gasteiger partial charge on any atom is 0.647 e. The van der Waals surface area contributed by atoms with Crippen LogP contribution in [0.25, 0.3) is 0 Å². The molecule has 0 unspecified atom stereocenters. The van der Waals surface area contributed by atoms with Crippen molar-refractivity contribution in [3.8, 4) is 5.88 Å². The van der Waals surface area contributed by atoms with Gasteiger partial charge in [0.1, 0.15) is 5.82 Å². The van der Waals surface area contributed by atoms with Crippen molar-refractivity contribution < 1.29 is 18.1 Å². The molecule has 0 fully saturated rings. The van der Waals surface area contributed by atoms with Crippen molar-refractivity contribution >= 4 is 7.82 Å². The Kier molecular flexibility index (Phi) is 5.12. The van der Waals surface area contributed by atoms with Gasteiger partial charge in [-0.1, -0.05) is 27.0 Å². The first kappa shape index (κ1) is 15.2. The summed E-state index contributed by atoms with van der Waals surface area (Å²) in [4.78, 5) is 8.40. The Morgan fingerprint density at radius 1 is 1.26 bits per heavy atom. The largest absolute Gasteiger partial charge is 0.647 e. The van der Waals surface area contributed by atoms with Gasteiger partial charge in [0.15, 0.2) is 0 Å². The summed E-state index contributed by atoms with van der Waals surface area (Å²) in [5.74, 6) is 0.810. The zero-order valence-corrected chi connectivity index (χ0v) is 12.1. The minimum Gasteiger partial charge on any atom is -0.395 e. The molecular weight excluding hydrogens is 267 g/mol. The van der Waals surface area contributed by atoms with Crippen LogP contribution in [0.15, 0.2) is 31.7 Å². The predicted molar refractivity (Wildman–Crippen MR) is 71.7 cm³/mol. The first-order valence-electron chi connectivity index (χ1n) is 5.64. The van der Waals surface area contributed by atoms with E-state index < -0.39 is 7.82 Å². The highest BCUT2D eigenvalue weighted by atomic mass is 31.2. The summed E-state index contributed by atoms with van der Waals surface area (Å²) in [5, 5.41) is 0. The molecule has 0 N–H and O–H groups in total. The van der Waals surface area contributed by atoms with Crippen LogP contribution < -0.4 is 4.52 Å². The van der Waals surface area contributed by atoms with Crippen molar-refractivity contribution in [1.29, 1.82) is 0 Å². The SMILES string of the molecule is C=COP(=O)(OC=C)Oc1cc(C)nc(C(C)C)n1. The Morgan fingerprint density at radius 2 is 1.84 bits per heavy atom. The van der Waals surface area contributed by atoms with Crippen LogP contribution in [-0.4, -0.2) is 9.97 Å². The molecule has 1 rings (SSSR count). The maximum atomic E-state index is 12.1. The van der Waals surface area contributed by atoms with E-state index >= 15 is 0 Å². The fraction of sp³-hybridized carbons (Fsp3) is 0.333. The van der Waals surface area contributed by atoms with Crippen LogP contribution in [-0.2, 0) is 13.6 Å². The van der Waals surface area contributed by atoms with Gasteiger partial charge < -0.3 is 13.6 Å². The van der Waals surface area contributed by atoms with Gasteiger partial charge in [0.2, 0.25) is 5.88 Å². The Balaban J connectivity index is 3.05. The molecule has 7 heteroatoms. The van der Waals surface area contributed by atoms with Gasteiger partial charge in [-0.05, 0) is 6.92 Å². The second-order valence-electron chi connectivity index (χ2n) is 3.94. The van der Waals surface area contributed by atoms with E-state index in [1.54, 1.807) is 6.92 Å². The van der Waals surface area contributed by atoms with Gasteiger partial charge in [-0.25, -0.2) is 4.98 Å². The molecule has 0 aliphatic rings. The van der Waals surface area contributed by atoms with Gasteiger partial charge in [0.05, 0.1) is 12.5 Å². The Bertz CT molecular complexity index is 502. The van der Waals surface area contributed by atoms with Gasteiger partial charge in [0, 0.05) is 17.7 Å². The summed E-state index contributed by atoms with van der Waals surface area (Å²) in [5.41, 5.74) is 0.692. The Morgan fingerprint density at radius 3 is 2.32 bits per heavy atom. The molecule has 0 amide bonds. The number of rotatable bonds is 7. The summed E-state index contributed by atoms with van der Waals surface area (Å²) < 4.78 is 26.8. The van der Waals surface area contributed by atoms with Crippen LogP contribution in [0.5, 0.6) is 5.88 Å². The molecule has 0 spiro atoms. The Labute approximate surface area is 112 Å². The maximum absolute atomic E-state index is 12.1. The van der Waals surface area contributed by atoms with Crippen LogP contribution in [0.4, 0.5) is 0 Å². The zero-order valence-electron chi connectivity index (χ0n) is 11.2. The smallest absolute Gasteiger partial charge is 0.395 e. The lowest BCUT2D eigenvalue weighted by Gasteiger charge is -2.15. The van der Waals surface area contributed by atoms with E-state index in [1.807, 2.05) is 13.8 Å². The van der Waals surface area contributed by atoms with Crippen molar-refractivity contribution in [3.63, 3.8) is 0 Å². The quantitative estimate of drug-likeness (QED) is 0.561. The van der Waals surface area contributed by atoms with Crippen LogP contribution in [0.2, 0.25) is 0 Å². The average Bonchev–Trinajstić information content (AvgIpc) is 2.28. The molecule has 0 atom stereocenters. The zero-order chi connectivity index (χ0) is 14.5. The van der Waals surface area contributed by atoms with Crippen LogP contribution in [0, 0.1) is 6.92 Å². The number of phosphoric acid groups is 1. The summed E-state index contributed by atoms with van der Waals surface area (Å²) in [6.07, 6.45) is 1.95. The number of aryl methyl sites for hydroxylation is 1. The molecular formula is C12H17N2O4P. The second kappa shape index (κ2) is 6.38. The molecule has 1 aromatic rings. The van der Waals surface area contributed by atoms with E-state index in [4.69, 9.17) is 13.6 Å². The van der Waals surface area contributed by atoms with Gasteiger partial charge in [0.25, 0.3) is 0 Å². The summed E-state index contributed by atoms with van der Waals surface area (Å²) in [6, 6.07) is 1.54. The second-order valence-corrected chi connectivity index (χ2v) is 5.44. The van der Waals surface area contributed by atoms with E-state index in [0.717, 1.165) is 12.5 Å². The fourth-order valence-electron chi connectivity index (χ4n) is 1.23. The predicted octanol–water partition coefficient (Wildman–Crippen LogP) is 3.72. The third kappa shape index (κ3) is 4.41. The number of hydrogen-bond acceptors (Lipinski definition) is 6. The van der Waals surface area contributed by atoms with Crippen LogP contribution in [0.3, 0.4) is 0 Å². The molecule has 0 aliphatic heterocycles. The van der Waals surface area contributed by atoms with Crippen molar-refractivity contribution in [2.45, 2.75) is 26.7 Å². The molecule has 104 valence electrons. The normalized spacial score (nSPS) is 10.9. The molecule has 19 heavy (non-hydrogen) atoms. The standard InChI is InChI=1S/C12H17N2O4P/c1-6-16-19(15,17-7-2)18-11-8-10(5)13-12(14-11)9(3)4/h6-9H,1-2H2,3-5H3. The van der Waals surface area contributed by atoms with Gasteiger partial charge >= 0.3 is 7.82 Å². The molecule has 1 aromatic heterocycles. The molecule has 0 saturated heterocycles. The minimum atomic E-state index is -3.84. The number of aromatic nitrogens is 2. The topological polar surface area (TPSA) is 70.5 Å². The molecule has 0 radical (unpaired) electrons. The molecule has 0 bridgehead atoms. The highest BCUT2D eigenvalue weighted by molar-refractivity contribution is 7.49. The summed E-state index contributed by atoms with van der Waals surface area (Å²) in [7, 11) is -3.84. The van der Waals surface area contributed by atoms with Crippen molar-refractivity contribution in [3.05, 3.63) is 43.3 Å². The molecule has 0 aromatic carbocycles. The van der Waals surface area contributed by atoms with E-state index in [9.17, 15) is 4.57 Å². The van der Waals surface area contributed by atoms with Crippen molar-refractivity contribution in [2.75, 3.05) is 0 Å². The first-order chi connectivity index (χ1) is 8.90. The summed E-state index contributed by atoms with van der Waals surface area (Å²) >= 11 is 0. The average molecular weight is 284 g/mol. The molecule has 0 saturated carbocycles. The molecule has 1 heterocycles. The van der Waals surface area contributed by atoms with Gasteiger partial charge in [-0.3, -0.25) is 0 Å². The highest BCUT2D eigenvalue weighted by Gasteiger charge is 2.30. The van der Waals surface area contributed by atoms with E-state index in [1.165, 1.54) is 6.07 Å². The van der Waals surface area contributed by atoms with E-state index in [-0.39, 0.29) is 11.8 Å². The lowest BCUT2D eigenvalue weighted by atomic mass is 10.2. The molecule has 6 nitrogen and oxygen atoms in total. The number of nitrogens with zero attached hydrogens (tertiary/aromatic N) is 2. The fourth-order valence-corrected chi connectivity index (χ4v) is 2.06. The van der Waals surface area contributed by atoms with E-state index in [0.29, 0.717) is 11.5 Å². The van der Waals surface area contributed by atoms with Gasteiger partial charge in [-0.2, -0.15) is 9.55 Å². The van der Waals surface area contributed by atoms with Crippen LogP contribution >= 0.6 is 7.82 Å². The van der Waals surface area contributed by atoms with Crippen molar-refractivity contribution in [2.24, 2.45) is 0 Å².